The summed E-state index contributed by atoms with van der Waals surface area (Å²) in [6.07, 6.45) is 0. The molecule has 0 atom stereocenters. The van der Waals surface area contributed by atoms with Crippen molar-refractivity contribution in [2.24, 2.45) is 10.3 Å². The van der Waals surface area contributed by atoms with Crippen LogP contribution in [0.5, 0.6) is 0 Å². The van der Waals surface area contributed by atoms with Crippen LogP contribution in [0.4, 0.5) is 26.3 Å². The van der Waals surface area contributed by atoms with Crippen molar-refractivity contribution in [3.8, 4) is 0 Å². The molecule has 4 N–H and O–H groups in total. The first kappa shape index (κ1) is 20.7. The summed E-state index contributed by atoms with van der Waals surface area (Å²) in [6.45, 7) is 0. The fourth-order valence-corrected chi connectivity index (χ4v) is 1.56. The number of hydrogen-bond acceptors (Lipinski definition) is 4. The molecule has 0 unspecified atom stereocenters. The Hall–Kier alpha value is 0.400. The Morgan fingerprint density at radius 1 is 0.667 bits per heavy atom. The predicted molar refractivity (Wildman–Crippen MR) is 48.2 cm³/mol. The van der Waals surface area contributed by atoms with Crippen LogP contribution in [-0.4, -0.2) is 62.8 Å². The Balaban J connectivity index is 0. The van der Waals surface area contributed by atoms with E-state index in [0.717, 1.165) is 0 Å². The number of alkyl halides is 6. The fourth-order valence-electron chi connectivity index (χ4n) is 0.527. The number of nitrogens with two attached hydrogens (primary N) is 2. The topological polar surface area (TPSA) is 120 Å². The summed E-state index contributed by atoms with van der Waals surface area (Å²) in [5.41, 5.74) is 0. The molecule has 0 rings (SSSR count). The van der Waals surface area contributed by atoms with Gasteiger partial charge in [-0.25, -0.2) is 27.1 Å². The summed E-state index contributed by atoms with van der Waals surface area (Å²) in [5.74, 6) is -6.83. The van der Waals surface area contributed by atoms with Gasteiger partial charge in [-0.2, -0.15) is 26.3 Å². The molecule has 106 valence electrons. The Morgan fingerprint density at radius 2 is 0.833 bits per heavy atom. The van der Waals surface area contributed by atoms with Crippen molar-refractivity contribution in [2.45, 2.75) is 16.4 Å². The van der Waals surface area contributed by atoms with Crippen LogP contribution in [0.1, 0.15) is 0 Å². The molecule has 0 fully saturated rings. The van der Waals surface area contributed by atoms with Gasteiger partial charge in [0.2, 0.25) is 0 Å². The first-order chi connectivity index (χ1) is 7.00. The van der Waals surface area contributed by atoms with E-state index in [2.05, 4.69) is 10.3 Å². The van der Waals surface area contributed by atoms with Crippen LogP contribution in [0.3, 0.4) is 0 Å². The molecule has 0 saturated heterocycles. The van der Waals surface area contributed by atoms with Gasteiger partial charge in [0, 0.05) is 0 Å². The van der Waals surface area contributed by atoms with Crippen LogP contribution in [0, 0.1) is 0 Å². The zero-order chi connectivity index (χ0) is 14.5. The van der Waals surface area contributed by atoms with Crippen LogP contribution in [-0.2, 0) is 20.0 Å². The van der Waals surface area contributed by atoms with Gasteiger partial charge in [0.25, 0.3) is 20.0 Å². The van der Waals surface area contributed by atoms with Gasteiger partial charge >= 0.3 is 46.0 Å². The third-order valence-electron chi connectivity index (χ3n) is 1.45. The molecule has 0 aliphatic heterocycles. The van der Waals surface area contributed by atoms with E-state index in [1.807, 2.05) is 0 Å². The number of rotatable bonds is 4. The van der Waals surface area contributed by atoms with E-state index < -0.39 is 36.5 Å². The second-order valence-electron chi connectivity index (χ2n) is 2.70. The van der Waals surface area contributed by atoms with E-state index in [-0.39, 0.29) is 29.6 Å². The molecule has 0 saturated carbocycles. The number of hydrogen-bond donors (Lipinski definition) is 2. The molecule has 0 aromatic carbocycles. The first-order valence-corrected chi connectivity index (χ1v) is 6.27. The van der Waals surface area contributed by atoms with Crippen LogP contribution >= 0.6 is 0 Å². The van der Waals surface area contributed by atoms with Crippen LogP contribution < -0.4 is 10.3 Å². The Morgan fingerprint density at radius 3 is 0.944 bits per heavy atom. The number of sulfonamides is 2. The van der Waals surface area contributed by atoms with Gasteiger partial charge in [0.05, 0.1) is 0 Å². The number of halogens is 6. The average molecular weight is 334 g/mol. The van der Waals surface area contributed by atoms with Crippen molar-refractivity contribution < 1.29 is 43.2 Å². The van der Waals surface area contributed by atoms with Crippen molar-refractivity contribution in [1.29, 1.82) is 0 Å². The van der Waals surface area contributed by atoms with Crippen LogP contribution in [0.25, 0.3) is 0 Å². The van der Waals surface area contributed by atoms with E-state index in [9.17, 15) is 43.2 Å². The van der Waals surface area contributed by atoms with Gasteiger partial charge in [-0.05, 0) is 0 Å². The maximum absolute atomic E-state index is 12.6. The molecule has 6 nitrogen and oxygen atoms in total. The van der Waals surface area contributed by atoms with Gasteiger partial charge < -0.3 is 0 Å². The van der Waals surface area contributed by atoms with Crippen LogP contribution in [0.2, 0.25) is 0 Å². The average Bonchev–Trinajstić information content (AvgIpc) is 1.98. The molecule has 0 amide bonds. The van der Waals surface area contributed by atoms with Crippen molar-refractivity contribution >= 4 is 49.6 Å². The van der Waals surface area contributed by atoms with E-state index >= 15 is 0 Å². The summed E-state index contributed by atoms with van der Waals surface area (Å²) < 4.78 is 115. The van der Waals surface area contributed by atoms with Gasteiger partial charge in [-0.3, -0.25) is 0 Å². The normalized spacial score (nSPS) is 15.1. The van der Waals surface area contributed by atoms with Gasteiger partial charge in [-0.1, -0.05) is 0 Å². The summed E-state index contributed by atoms with van der Waals surface area (Å²) in [5, 5.41) is -5.81. The quantitative estimate of drug-likeness (QED) is 0.492. The van der Waals surface area contributed by atoms with Gasteiger partial charge in [-0.15, -0.1) is 0 Å². The van der Waals surface area contributed by atoms with E-state index in [1.54, 1.807) is 0 Å². The molecule has 0 heterocycles. The zero-order valence-corrected chi connectivity index (χ0v) is 9.00. The molecule has 15 heteroatoms. The zero-order valence-electron chi connectivity index (χ0n) is 7.37. The molecular formula is C3H5F6N2NaO4S2. The van der Waals surface area contributed by atoms with Gasteiger partial charge in [0.15, 0.2) is 0 Å². The Labute approximate surface area is 119 Å². The van der Waals surface area contributed by atoms with Crippen LogP contribution in [0.15, 0.2) is 0 Å². The maximum atomic E-state index is 12.6. The second-order valence-corrected chi connectivity index (χ2v) is 5.90. The van der Waals surface area contributed by atoms with E-state index in [0.29, 0.717) is 0 Å². The molecule has 0 aliphatic carbocycles. The minimum absolute atomic E-state index is 0. The Bertz CT molecular complexity index is 469. The Kier molecular flexibility index (Phi) is 5.83. The molecule has 18 heavy (non-hydrogen) atoms. The summed E-state index contributed by atoms with van der Waals surface area (Å²) >= 11 is 0. The molecular weight excluding hydrogens is 329 g/mol. The fraction of sp³-hybridized carbons (Fsp3) is 1.00. The van der Waals surface area contributed by atoms with Crippen molar-refractivity contribution in [3.63, 3.8) is 0 Å². The first-order valence-electron chi connectivity index (χ1n) is 3.18. The standard InChI is InChI=1S/C3H4F6N2O4S2.Na.H/c4-1(5,2(6,7)16(10,12)13)3(8,9)17(11,14)15;;/h(H2,10,12,13)(H2,11,14,15);;. The summed E-state index contributed by atoms with van der Waals surface area (Å²) in [4.78, 5) is 0. The molecule has 0 aromatic heterocycles. The summed E-state index contributed by atoms with van der Waals surface area (Å²) in [7, 11) is -13.0. The molecule has 0 radical (unpaired) electrons. The van der Waals surface area contributed by atoms with Crippen molar-refractivity contribution in [1.82, 2.24) is 0 Å². The van der Waals surface area contributed by atoms with Gasteiger partial charge in [0.1, 0.15) is 0 Å². The minimum atomic E-state index is -6.83. The van der Waals surface area contributed by atoms with E-state index in [4.69, 9.17) is 0 Å². The molecule has 0 bridgehead atoms. The van der Waals surface area contributed by atoms with E-state index in [1.165, 1.54) is 0 Å². The monoisotopic (exact) mass is 334 g/mol. The van der Waals surface area contributed by atoms with Crippen molar-refractivity contribution in [2.75, 3.05) is 0 Å². The molecule has 0 aromatic rings. The molecule has 0 aliphatic rings. The second kappa shape index (κ2) is 5.06. The third-order valence-corrected chi connectivity index (χ3v) is 3.39. The summed E-state index contributed by atoms with van der Waals surface area (Å²) in [6, 6.07) is 0. The third kappa shape index (κ3) is 2.94. The SMILES string of the molecule is NS(=O)(=O)C(F)(F)C(F)(F)C(F)(F)S(N)(=O)=O.[NaH]. The predicted octanol–water partition coefficient (Wildman–Crippen LogP) is -1.26. The molecule has 0 spiro atoms. The number of primary sulfonamides is 2. The van der Waals surface area contributed by atoms with Crippen molar-refractivity contribution in [3.05, 3.63) is 0 Å².